The lowest BCUT2D eigenvalue weighted by molar-refractivity contribution is -0.322. The Hall–Kier alpha value is -7.99. The van der Waals surface area contributed by atoms with Crippen molar-refractivity contribution < 1.29 is 218 Å². The maximum atomic E-state index is 13.2. The van der Waals surface area contributed by atoms with E-state index in [2.05, 4.69) is 71.6 Å². The number of carbonyl (C=O) groups excluding carboxylic acids is 7. The van der Waals surface area contributed by atoms with Gasteiger partial charge in [-0.15, -0.1) is 0 Å². The second kappa shape index (κ2) is 48.5. The molecule has 0 aliphatic heterocycles. The van der Waals surface area contributed by atoms with Crippen LogP contribution < -0.4 is 0 Å². The van der Waals surface area contributed by atoms with Gasteiger partial charge in [0.1, 0.15) is 40.2 Å². The molecule has 0 saturated heterocycles. The minimum absolute atomic E-state index is 0.00146. The summed E-state index contributed by atoms with van der Waals surface area (Å²) in [6.07, 6.45) is -36.3. The molecule has 0 aromatic carbocycles. The number of halogens is 24. The predicted octanol–water partition coefficient (Wildman–Crippen LogP) is 20.5. The zero-order valence-corrected chi connectivity index (χ0v) is 80.3. The van der Waals surface area contributed by atoms with Crippen LogP contribution in [-0.2, 0) is 71.5 Å². The quantitative estimate of drug-likeness (QED) is 0.0119. The number of carbonyl (C=O) groups is 7. The Morgan fingerprint density at radius 2 is 0.691 bits per heavy atom. The molecule has 8 N–H and O–H groups in total. The first-order valence-electron chi connectivity index (χ1n) is 41.7. The Bertz CT molecular complexity index is 4000. The molecule has 0 spiro atoms. The highest BCUT2D eigenvalue weighted by molar-refractivity contribution is 5.89. The molecule has 13 atom stereocenters. The Morgan fingerprint density at radius 1 is 0.382 bits per heavy atom. The SMILES string of the molecule is C=C(C)C(=O)OC(C(C)C)C(C)(O)C(F)(F)F.C=C(C)C(=O)OC(CC)(CC)C(C)(O)C(F)(F)F.C=C(C)C(=O)OC(CC)C(C)(O)C(F)(F)F.C=C(C)C(=O)OC1(C(C)(O)C(F)(F)F)CC2CCC1C2.C=C(C)C(=O)OC1(C(C)(O)C(F)(F)F)CCCC1.C=C(C)C(=O)OC1(C(C)(O)C(F)(F)F)CCCCC1.C=CC(=O)OC(C)(C)C(C)(O)C(F)(F)F.C=COC(C)(C)C(C)(O)C(F)(F)F. The fourth-order valence-electron chi connectivity index (χ4n) is 13.5. The van der Waals surface area contributed by atoms with E-state index < -0.39 is 194 Å². The van der Waals surface area contributed by atoms with Gasteiger partial charge in [0.15, 0.2) is 50.4 Å². The number of fused-ring (bicyclic) bond motifs is 2. The van der Waals surface area contributed by atoms with E-state index in [0.29, 0.717) is 93.9 Å². The van der Waals surface area contributed by atoms with E-state index in [1.54, 1.807) is 0 Å². The molecular weight excluding hydrogens is 1890 g/mol. The van der Waals surface area contributed by atoms with Crippen molar-refractivity contribution in [2.24, 2.45) is 17.8 Å². The van der Waals surface area contributed by atoms with E-state index in [1.807, 2.05) is 0 Å². The monoisotopic (exact) mass is 2020 g/mol. The van der Waals surface area contributed by atoms with Crippen molar-refractivity contribution in [1.29, 1.82) is 0 Å². The molecule has 4 fully saturated rings. The van der Waals surface area contributed by atoms with Crippen molar-refractivity contribution in [3.05, 3.63) is 98.4 Å². The Morgan fingerprint density at radius 3 is 0.941 bits per heavy atom. The average Bonchev–Trinajstić information content (AvgIpc) is 1.57. The molecule has 2 bridgehead atoms. The van der Waals surface area contributed by atoms with Gasteiger partial charge >= 0.3 is 91.2 Å². The molecule has 0 aromatic heterocycles. The maximum absolute atomic E-state index is 13.2. The third-order valence-corrected chi connectivity index (χ3v) is 24.1. The Labute approximate surface area is 775 Å². The van der Waals surface area contributed by atoms with Gasteiger partial charge in [0.2, 0.25) is 0 Å². The molecule has 23 nitrogen and oxygen atoms in total. The fraction of sp³-hybridized carbons (Fsp3) is 0.742. The number of esters is 7. The van der Waals surface area contributed by atoms with E-state index in [4.69, 9.17) is 18.9 Å². The first-order valence-corrected chi connectivity index (χ1v) is 41.7. The van der Waals surface area contributed by atoms with Crippen LogP contribution >= 0.6 is 0 Å². The first kappa shape index (κ1) is 134. The normalized spacial score (nSPS) is 21.2. The zero-order valence-electron chi connectivity index (χ0n) is 80.3. The number of alkyl halides is 24. The van der Waals surface area contributed by atoms with Crippen molar-refractivity contribution in [3.63, 3.8) is 0 Å². The summed E-state index contributed by atoms with van der Waals surface area (Å²) < 4.78 is 344. The lowest BCUT2D eigenvalue weighted by Crippen LogP contribution is -2.65. The van der Waals surface area contributed by atoms with Crippen molar-refractivity contribution in [3.8, 4) is 0 Å². The first-order chi connectivity index (χ1) is 60.0. The van der Waals surface area contributed by atoms with E-state index in [0.717, 1.165) is 52.9 Å². The van der Waals surface area contributed by atoms with Crippen LogP contribution in [0.4, 0.5) is 105 Å². The molecule has 4 aliphatic rings. The predicted molar refractivity (Wildman–Crippen MR) is 446 cm³/mol. The molecule has 13 unspecified atom stereocenters. The molecule has 0 radical (unpaired) electrons. The number of hydrogen-bond donors (Lipinski definition) is 8. The molecule has 47 heteroatoms. The van der Waals surface area contributed by atoms with Crippen LogP contribution in [0.1, 0.15) is 262 Å². The Balaban J connectivity index is -0.000000734. The number of aliphatic hydroxyl groups is 8. The van der Waals surface area contributed by atoms with Gasteiger partial charge in [-0.25, -0.2) is 33.6 Å². The van der Waals surface area contributed by atoms with Crippen LogP contribution in [-0.4, -0.2) is 223 Å². The largest absolute Gasteiger partial charge is 0.493 e. The summed E-state index contributed by atoms with van der Waals surface area (Å²) in [7, 11) is 0. The average molecular weight is 2030 g/mol. The van der Waals surface area contributed by atoms with Crippen molar-refractivity contribution in [2.45, 2.75) is 402 Å². The highest BCUT2D eigenvalue weighted by atomic mass is 19.4. The fourth-order valence-corrected chi connectivity index (χ4v) is 13.5. The smallest absolute Gasteiger partial charge is 0.420 e. The number of ether oxygens (including phenoxy) is 8. The van der Waals surface area contributed by atoms with Crippen LogP contribution in [0.5, 0.6) is 0 Å². The van der Waals surface area contributed by atoms with Crippen LogP contribution in [0.2, 0.25) is 0 Å². The second-order valence-electron chi connectivity index (χ2n) is 36.2. The summed E-state index contributed by atoms with van der Waals surface area (Å²) in [5.41, 5.74) is -36.0. The van der Waals surface area contributed by atoms with E-state index in [-0.39, 0.29) is 90.7 Å². The summed E-state index contributed by atoms with van der Waals surface area (Å²) in [5.74, 6) is -7.60. The molecule has 4 saturated carbocycles. The van der Waals surface area contributed by atoms with Gasteiger partial charge < -0.3 is 78.7 Å². The minimum Gasteiger partial charge on any atom is -0.493 e. The van der Waals surface area contributed by atoms with Gasteiger partial charge in [0.05, 0.1) is 6.26 Å². The lowest BCUT2D eigenvalue weighted by atomic mass is 9.72. The van der Waals surface area contributed by atoms with Crippen LogP contribution in [0.3, 0.4) is 0 Å². The van der Waals surface area contributed by atoms with Crippen molar-refractivity contribution in [2.75, 3.05) is 0 Å². The van der Waals surface area contributed by atoms with E-state index in [1.165, 1.54) is 76.2 Å². The summed E-state index contributed by atoms with van der Waals surface area (Å²) in [4.78, 5) is 79.4. The van der Waals surface area contributed by atoms with Gasteiger partial charge in [-0.2, -0.15) is 105 Å². The molecule has 0 amide bonds. The molecule has 0 aromatic rings. The highest BCUT2D eigenvalue weighted by Gasteiger charge is 2.73. The summed E-state index contributed by atoms with van der Waals surface area (Å²) in [6.45, 7) is 50.5. The van der Waals surface area contributed by atoms with Gasteiger partial charge in [-0.3, -0.25) is 0 Å². The van der Waals surface area contributed by atoms with Crippen LogP contribution in [0.25, 0.3) is 0 Å². The third kappa shape index (κ3) is 33.1. The van der Waals surface area contributed by atoms with E-state index in [9.17, 15) is 180 Å². The van der Waals surface area contributed by atoms with Gasteiger partial charge in [0.25, 0.3) is 0 Å². The van der Waals surface area contributed by atoms with Gasteiger partial charge in [0, 0.05) is 45.4 Å². The zero-order chi connectivity index (χ0) is 110. The van der Waals surface area contributed by atoms with Gasteiger partial charge in [-0.05, 0) is 233 Å². The molecule has 4 aliphatic carbocycles. The Kier molecular flexibility index (Phi) is 47.8. The summed E-state index contributed by atoms with van der Waals surface area (Å²) >= 11 is 0. The topological polar surface area (TPSA) is 355 Å². The third-order valence-electron chi connectivity index (χ3n) is 24.1. The molecule has 4 rings (SSSR count). The maximum Gasteiger partial charge on any atom is 0.420 e. The summed E-state index contributed by atoms with van der Waals surface area (Å²) in [5, 5.41) is 76.9. The second-order valence-corrected chi connectivity index (χ2v) is 36.2. The van der Waals surface area contributed by atoms with Crippen LogP contribution in [0, 0.1) is 17.8 Å². The molecule has 794 valence electrons. The van der Waals surface area contributed by atoms with Crippen LogP contribution in [0.15, 0.2) is 98.4 Å². The minimum atomic E-state index is -4.89. The number of rotatable bonds is 28. The molecule has 0 heterocycles. The van der Waals surface area contributed by atoms with E-state index >= 15 is 0 Å². The van der Waals surface area contributed by atoms with Crippen molar-refractivity contribution in [1.82, 2.24) is 0 Å². The highest BCUT2D eigenvalue weighted by Crippen LogP contribution is 2.61. The van der Waals surface area contributed by atoms with Gasteiger partial charge in [-0.1, -0.05) is 93.7 Å². The molecular formula is C89H132F24O23. The standard InChI is InChI=1S/C14H19F3O3.C13H19F3O3.C12H17F3O3.C12H19F3O3.C11H17F3O3.C10H15F3O3.C9H13F3O3.C8H13F3O2/c1-8(2)11(18)20-13(12(3,19)14(15,16)17)7-9-4-5-10(13)6-9;1-9(2)10(17)19-12(7-5-4-6-8-12)11(3,18)13(14,15)16;1-8(2)9(16)18-11(6-4-5-7-11)10(3,17)12(13,14)15;1-6-11(7-2,18-9(16)8(3)4)10(5,17)12(13,14)15;1-6(2)8(17-9(15)7(3)4)10(5,16)11(12,13)14;1-5-7(16-8(14)6(2)3)9(4,15)10(11,12)13;1-5-6(13)15-7(2,3)8(4,14)9(10,11)12;1-5-13-6(2,3)7(4,12)8(9,10)11/h9-10,19H,1,4-7H2,2-3H3;18H,1,4-8H2,2-3H3;17H,1,4-7H2,2-3H3;17H,3,6-7H2,1-2,4-5H3;6,8,16H,3H2,1-2,4-5H3;7,15H,2,5H2,1,3-4H3;5,14H,1H2,2-4H3;5,12H,1H2,2-4H3. The molecule has 136 heavy (non-hydrogen) atoms. The number of hydrogen-bond acceptors (Lipinski definition) is 23. The summed E-state index contributed by atoms with van der Waals surface area (Å²) in [6, 6.07) is 0. The van der Waals surface area contributed by atoms with Crippen molar-refractivity contribution >= 4 is 41.8 Å². The lowest BCUT2D eigenvalue weighted by Gasteiger charge is -2.47.